The minimum absolute atomic E-state index is 0.260. The van der Waals surface area contributed by atoms with Crippen LogP contribution in [0.15, 0.2) is 35.4 Å². The highest BCUT2D eigenvalue weighted by Gasteiger charge is 2.12. The molecule has 0 atom stereocenters. The van der Waals surface area contributed by atoms with Gasteiger partial charge in [0.25, 0.3) is 0 Å². The minimum atomic E-state index is 0.260. The molecular formula is C14H12N6O2. The fourth-order valence-corrected chi connectivity index (χ4v) is 2.12. The van der Waals surface area contributed by atoms with E-state index >= 15 is 0 Å². The third-order valence-corrected chi connectivity index (χ3v) is 3.21. The zero-order valence-corrected chi connectivity index (χ0v) is 11.7. The number of benzene rings is 1. The molecule has 3 aromatic rings. The highest BCUT2D eigenvalue weighted by atomic mass is 16.7. The standard InChI is InChI=1S/C14H12N6O2/c1-9-16-18-14-5-4-13(19-20(9)14)17-15-7-10-2-3-11-12(6-10)22-8-21-11/h2-7H,8H2,1H3,(H,17,19)/b15-7-. The predicted octanol–water partition coefficient (Wildman–Crippen LogP) is 1.61. The molecule has 0 bridgehead atoms. The maximum absolute atomic E-state index is 5.32. The number of hydrogen-bond donors (Lipinski definition) is 1. The maximum atomic E-state index is 5.32. The molecule has 0 aliphatic carbocycles. The second-order valence-corrected chi connectivity index (χ2v) is 4.72. The SMILES string of the molecule is Cc1nnc2ccc(N/N=C\c3ccc4c(c3)OCO4)nn12. The van der Waals surface area contributed by atoms with Crippen molar-refractivity contribution in [2.24, 2.45) is 5.10 Å². The van der Waals surface area contributed by atoms with Gasteiger partial charge in [-0.15, -0.1) is 15.3 Å². The van der Waals surface area contributed by atoms with Crippen molar-refractivity contribution in [3.8, 4) is 11.5 Å². The van der Waals surface area contributed by atoms with E-state index in [-0.39, 0.29) is 6.79 Å². The zero-order chi connectivity index (χ0) is 14.9. The van der Waals surface area contributed by atoms with Crippen LogP contribution in [-0.2, 0) is 0 Å². The van der Waals surface area contributed by atoms with Crippen LogP contribution in [0.4, 0.5) is 5.82 Å². The van der Waals surface area contributed by atoms with E-state index < -0.39 is 0 Å². The Morgan fingerprint density at radius 3 is 3.05 bits per heavy atom. The summed E-state index contributed by atoms with van der Waals surface area (Å²) < 4.78 is 12.2. The predicted molar refractivity (Wildman–Crippen MR) is 79.3 cm³/mol. The number of hydrazone groups is 1. The Morgan fingerprint density at radius 1 is 1.18 bits per heavy atom. The lowest BCUT2D eigenvalue weighted by atomic mass is 10.2. The average Bonchev–Trinajstić information content (AvgIpc) is 3.14. The summed E-state index contributed by atoms with van der Waals surface area (Å²) in [5.41, 5.74) is 4.48. The van der Waals surface area contributed by atoms with Gasteiger partial charge in [-0.05, 0) is 42.8 Å². The van der Waals surface area contributed by atoms with Crippen molar-refractivity contribution in [3.05, 3.63) is 41.7 Å². The van der Waals surface area contributed by atoms with Crippen LogP contribution in [-0.4, -0.2) is 32.8 Å². The summed E-state index contributed by atoms with van der Waals surface area (Å²) in [5, 5.41) is 16.5. The molecule has 4 rings (SSSR count). The minimum Gasteiger partial charge on any atom is -0.454 e. The summed E-state index contributed by atoms with van der Waals surface area (Å²) >= 11 is 0. The van der Waals surface area contributed by atoms with Gasteiger partial charge in [0.15, 0.2) is 28.8 Å². The normalized spacial score (nSPS) is 13.1. The lowest BCUT2D eigenvalue weighted by molar-refractivity contribution is 0.174. The molecule has 22 heavy (non-hydrogen) atoms. The van der Waals surface area contributed by atoms with E-state index in [1.165, 1.54) is 0 Å². The van der Waals surface area contributed by atoms with Crippen molar-refractivity contribution in [1.82, 2.24) is 19.8 Å². The Kier molecular flexibility index (Phi) is 2.85. The van der Waals surface area contributed by atoms with Crippen molar-refractivity contribution in [1.29, 1.82) is 0 Å². The van der Waals surface area contributed by atoms with E-state index in [2.05, 4.69) is 25.8 Å². The Morgan fingerprint density at radius 2 is 2.09 bits per heavy atom. The van der Waals surface area contributed by atoms with Gasteiger partial charge in [0.05, 0.1) is 6.21 Å². The Hall–Kier alpha value is -3.16. The van der Waals surface area contributed by atoms with Gasteiger partial charge in [-0.3, -0.25) is 5.43 Å². The van der Waals surface area contributed by atoms with Gasteiger partial charge < -0.3 is 9.47 Å². The third-order valence-electron chi connectivity index (χ3n) is 3.21. The molecule has 0 saturated carbocycles. The number of fused-ring (bicyclic) bond motifs is 2. The van der Waals surface area contributed by atoms with Crippen molar-refractivity contribution in [3.63, 3.8) is 0 Å². The van der Waals surface area contributed by atoms with Crippen molar-refractivity contribution in [2.75, 3.05) is 12.2 Å². The first-order chi connectivity index (χ1) is 10.8. The van der Waals surface area contributed by atoms with Crippen LogP contribution in [0.5, 0.6) is 11.5 Å². The average molecular weight is 296 g/mol. The molecule has 1 aliphatic rings. The quantitative estimate of drug-likeness (QED) is 0.583. The molecule has 2 aromatic heterocycles. The largest absolute Gasteiger partial charge is 0.454 e. The number of nitrogens with one attached hydrogen (secondary N) is 1. The van der Waals surface area contributed by atoms with Gasteiger partial charge >= 0.3 is 0 Å². The van der Waals surface area contributed by atoms with Crippen LogP contribution in [0.1, 0.15) is 11.4 Å². The van der Waals surface area contributed by atoms with Crippen LogP contribution >= 0.6 is 0 Å². The molecule has 1 aromatic carbocycles. The summed E-state index contributed by atoms with van der Waals surface area (Å²) in [4.78, 5) is 0. The fraction of sp³-hybridized carbons (Fsp3) is 0.143. The second-order valence-electron chi connectivity index (χ2n) is 4.72. The Balaban J connectivity index is 1.52. The third kappa shape index (κ3) is 2.20. The number of aromatic nitrogens is 4. The first-order valence-corrected chi connectivity index (χ1v) is 6.67. The molecule has 0 spiro atoms. The number of aryl methyl sites for hydroxylation is 1. The number of ether oxygens (including phenoxy) is 2. The summed E-state index contributed by atoms with van der Waals surface area (Å²) in [6.45, 7) is 2.10. The first-order valence-electron chi connectivity index (χ1n) is 6.67. The van der Waals surface area contributed by atoms with Gasteiger partial charge in [0.2, 0.25) is 6.79 Å². The Bertz CT molecular complexity index is 873. The highest BCUT2D eigenvalue weighted by molar-refractivity contribution is 5.81. The topological polar surface area (TPSA) is 85.9 Å². The fourth-order valence-electron chi connectivity index (χ4n) is 2.12. The van der Waals surface area contributed by atoms with Crippen LogP contribution in [0, 0.1) is 6.92 Å². The molecular weight excluding hydrogens is 284 g/mol. The van der Waals surface area contributed by atoms with Crippen LogP contribution in [0.2, 0.25) is 0 Å². The van der Waals surface area contributed by atoms with Crippen molar-refractivity contribution in [2.45, 2.75) is 6.92 Å². The van der Waals surface area contributed by atoms with E-state index in [1.807, 2.05) is 31.2 Å². The molecule has 3 heterocycles. The van der Waals surface area contributed by atoms with Gasteiger partial charge in [-0.1, -0.05) is 0 Å². The van der Waals surface area contributed by atoms with Crippen LogP contribution in [0.25, 0.3) is 5.65 Å². The summed E-state index contributed by atoms with van der Waals surface area (Å²) in [7, 11) is 0. The van der Waals surface area contributed by atoms with Crippen LogP contribution < -0.4 is 14.9 Å². The molecule has 8 heteroatoms. The number of nitrogens with zero attached hydrogens (tertiary/aromatic N) is 5. The van der Waals surface area contributed by atoms with Gasteiger partial charge in [-0.25, -0.2) is 0 Å². The van der Waals surface area contributed by atoms with Crippen LogP contribution in [0.3, 0.4) is 0 Å². The van der Waals surface area contributed by atoms with Gasteiger partial charge in [0, 0.05) is 0 Å². The molecule has 1 N–H and O–H groups in total. The zero-order valence-electron chi connectivity index (χ0n) is 11.7. The molecule has 110 valence electrons. The lowest BCUT2D eigenvalue weighted by Gasteiger charge is -2.01. The molecule has 8 nitrogen and oxygen atoms in total. The maximum Gasteiger partial charge on any atom is 0.231 e. The Labute approximate surface area is 125 Å². The molecule has 0 saturated heterocycles. The van der Waals surface area contributed by atoms with Gasteiger partial charge in [-0.2, -0.15) is 9.62 Å². The van der Waals surface area contributed by atoms with E-state index in [9.17, 15) is 0 Å². The summed E-state index contributed by atoms with van der Waals surface area (Å²) in [5.74, 6) is 2.80. The monoisotopic (exact) mass is 296 g/mol. The summed E-state index contributed by atoms with van der Waals surface area (Å²) in [6.07, 6.45) is 1.69. The summed E-state index contributed by atoms with van der Waals surface area (Å²) in [6, 6.07) is 9.24. The highest BCUT2D eigenvalue weighted by Crippen LogP contribution is 2.31. The smallest absolute Gasteiger partial charge is 0.231 e. The second kappa shape index (κ2) is 4.99. The van der Waals surface area contributed by atoms with Crippen molar-refractivity contribution >= 4 is 17.7 Å². The van der Waals surface area contributed by atoms with E-state index in [0.717, 1.165) is 22.9 Å². The number of rotatable bonds is 3. The molecule has 1 aliphatic heterocycles. The van der Waals surface area contributed by atoms with E-state index in [4.69, 9.17) is 9.47 Å². The molecule has 0 fully saturated rings. The van der Waals surface area contributed by atoms with E-state index in [0.29, 0.717) is 11.5 Å². The number of anilines is 1. The van der Waals surface area contributed by atoms with Crippen molar-refractivity contribution < 1.29 is 9.47 Å². The lowest BCUT2D eigenvalue weighted by Crippen LogP contribution is -2.00. The number of hydrogen-bond acceptors (Lipinski definition) is 7. The van der Waals surface area contributed by atoms with Gasteiger partial charge in [0.1, 0.15) is 0 Å². The first kappa shape index (κ1) is 12.6. The molecule has 0 amide bonds. The molecule has 0 unspecified atom stereocenters. The van der Waals surface area contributed by atoms with E-state index in [1.54, 1.807) is 16.8 Å². The molecule has 0 radical (unpaired) electrons.